The van der Waals surface area contributed by atoms with Crippen molar-refractivity contribution in [1.29, 1.82) is 0 Å². The minimum absolute atomic E-state index is 0. The maximum absolute atomic E-state index is 12.4. The van der Waals surface area contributed by atoms with E-state index in [0.717, 1.165) is 40.9 Å². The van der Waals surface area contributed by atoms with E-state index in [2.05, 4.69) is 36.1 Å². The normalized spacial score (nSPS) is 14.0. The molecule has 4 nitrogen and oxygen atoms in total. The fraction of sp³-hybridized carbons (Fsp3) is 0.417. The number of amides is 1. The summed E-state index contributed by atoms with van der Waals surface area (Å²) in [4.78, 5) is 15.9. The summed E-state index contributed by atoms with van der Waals surface area (Å²) in [7, 11) is 0. The molecular formula is C24H32N3OY+. The zero-order valence-corrected chi connectivity index (χ0v) is 21.0. The number of carbonyl (C=O) groups is 1. The van der Waals surface area contributed by atoms with Crippen LogP contribution in [0.5, 0.6) is 0 Å². The summed E-state index contributed by atoms with van der Waals surface area (Å²) >= 11 is 0. The van der Waals surface area contributed by atoms with Gasteiger partial charge in [-0.25, -0.2) is 4.85 Å². The first-order chi connectivity index (χ1) is 13.4. The van der Waals surface area contributed by atoms with Crippen LogP contribution in [0.1, 0.15) is 36.5 Å². The minimum atomic E-state index is 0. The Morgan fingerprint density at radius 2 is 1.62 bits per heavy atom. The second-order valence-electron chi connectivity index (χ2n) is 7.74. The molecule has 3 rings (SSSR count). The number of rotatable bonds is 4. The Kier molecular flexibility index (Phi) is 10.8. The van der Waals surface area contributed by atoms with Crippen LogP contribution < -0.4 is 5.32 Å². The van der Waals surface area contributed by atoms with Crippen molar-refractivity contribution in [2.24, 2.45) is 0 Å². The molecule has 0 bridgehead atoms. The van der Waals surface area contributed by atoms with E-state index in [-0.39, 0.29) is 38.6 Å². The molecule has 5 heteroatoms. The van der Waals surface area contributed by atoms with Crippen LogP contribution in [0.25, 0.3) is 4.85 Å². The number of nitrogens with one attached hydrogen (secondary N) is 1. The molecule has 0 spiro atoms. The van der Waals surface area contributed by atoms with E-state index in [0.29, 0.717) is 12.2 Å². The fourth-order valence-corrected chi connectivity index (χ4v) is 3.81. The molecular weight excluding hydrogens is 435 g/mol. The summed E-state index contributed by atoms with van der Waals surface area (Å²) in [5.74, 6) is 0.0838. The summed E-state index contributed by atoms with van der Waals surface area (Å²) in [5.41, 5.74) is 4.72. The number of aryl methyl sites for hydroxylation is 3. The summed E-state index contributed by atoms with van der Waals surface area (Å²) in [5, 5.41) is 3.06. The molecule has 2 aromatic rings. The van der Waals surface area contributed by atoms with Gasteiger partial charge in [-0.1, -0.05) is 48.0 Å². The largest absolute Gasteiger partial charge is 0.321 e. The van der Waals surface area contributed by atoms with Crippen molar-refractivity contribution >= 4 is 17.3 Å². The molecule has 0 aliphatic carbocycles. The first-order valence-electron chi connectivity index (χ1n) is 10.0. The number of likely N-dealkylation sites (tertiary alicyclic amines) is 1. The SMILES string of the molecule is Cc1ccccc1.[C-]#[N+]c1cc(C)c(NC(=O)C[N+]2(CC)CCCC2)c(C)c1.[Y]. The van der Waals surface area contributed by atoms with Crippen LogP contribution in [0.2, 0.25) is 0 Å². The van der Waals surface area contributed by atoms with E-state index >= 15 is 0 Å². The average molecular weight is 467 g/mol. The number of benzene rings is 2. The Hall–Kier alpha value is -1.54. The Bertz CT molecular complexity index is 814. The molecule has 1 N–H and O–H groups in total. The van der Waals surface area contributed by atoms with Crippen molar-refractivity contribution in [2.75, 3.05) is 31.5 Å². The van der Waals surface area contributed by atoms with Crippen LogP contribution in [0, 0.1) is 27.3 Å². The maximum Gasteiger partial charge on any atom is 0.279 e. The van der Waals surface area contributed by atoms with E-state index in [1.54, 1.807) is 0 Å². The van der Waals surface area contributed by atoms with Crippen LogP contribution in [0.4, 0.5) is 11.4 Å². The monoisotopic (exact) mass is 467 g/mol. The summed E-state index contributed by atoms with van der Waals surface area (Å²) in [6.45, 7) is 19.0. The standard InChI is InChI=1S/C17H23N3O.C7H8.Y/c1-5-20(8-6-7-9-20)12-16(21)19-17-13(2)10-15(18-4)11-14(17)3;1-7-5-3-2-4-6-7;/h10-11H,5-9,12H2,1-3H3;2-6H,1H3;/p+1. The molecule has 1 fully saturated rings. The minimum Gasteiger partial charge on any atom is -0.321 e. The van der Waals surface area contributed by atoms with Crippen molar-refractivity contribution < 1.29 is 42.0 Å². The van der Waals surface area contributed by atoms with Crippen LogP contribution in [0.15, 0.2) is 42.5 Å². The molecule has 1 aliphatic heterocycles. The van der Waals surface area contributed by atoms with E-state index < -0.39 is 0 Å². The summed E-state index contributed by atoms with van der Waals surface area (Å²) in [6, 6.07) is 13.9. The van der Waals surface area contributed by atoms with Gasteiger partial charge in [-0.15, -0.1) is 0 Å². The van der Waals surface area contributed by atoms with Gasteiger partial charge in [-0.3, -0.25) is 4.79 Å². The molecule has 0 unspecified atom stereocenters. The average Bonchev–Trinajstić information content (AvgIpc) is 3.14. The number of likely N-dealkylation sites (N-methyl/N-ethyl adjacent to an activating group) is 1. The zero-order valence-electron chi connectivity index (χ0n) is 18.2. The molecule has 0 atom stereocenters. The topological polar surface area (TPSA) is 33.5 Å². The van der Waals surface area contributed by atoms with Gasteiger partial charge in [-0.05, 0) is 38.8 Å². The number of hydrogen-bond acceptors (Lipinski definition) is 1. The number of quaternary nitrogens is 1. The Labute approximate surface area is 201 Å². The van der Waals surface area contributed by atoms with Gasteiger partial charge < -0.3 is 9.80 Å². The van der Waals surface area contributed by atoms with Crippen LogP contribution in [-0.4, -0.2) is 36.6 Å². The predicted molar refractivity (Wildman–Crippen MR) is 117 cm³/mol. The van der Waals surface area contributed by atoms with Gasteiger partial charge in [0.25, 0.3) is 5.91 Å². The molecule has 1 saturated heterocycles. The quantitative estimate of drug-likeness (QED) is 0.473. The molecule has 1 aliphatic rings. The molecule has 151 valence electrons. The van der Waals surface area contributed by atoms with E-state index in [9.17, 15) is 4.79 Å². The van der Waals surface area contributed by atoms with Gasteiger partial charge in [0, 0.05) is 51.2 Å². The maximum atomic E-state index is 12.4. The fourth-order valence-electron chi connectivity index (χ4n) is 3.81. The van der Waals surface area contributed by atoms with E-state index in [1.807, 2.05) is 44.2 Å². The summed E-state index contributed by atoms with van der Waals surface area (Å²) in [6.07, 6.45) is 2.44. The number of anilines is 1. The Morgan fingerprint density at radius 3 is 2.03 bits per heavy atom. The first kappa shape index (κ1) is 25.5. The number of nitrogens with zero attached hydrogens (tertiary/aromatic N) is 2. The van der Waals surface area contributed by atoms with Gasteiger partial charge in [0.05, 0.1) is 26.2 Å². The first-order valence-corrected chi connectivity index (χ1v) is 10.0. The van der Waals surface area contributed by atoms with Crippen molar-refractivity contribution in [2.45, 2.75) is 40.5 Å². The van der Waals surface area contributed by atoms with E-state index in [4.69, 9.17) is 6.57 Å². The zero-order chi connectivity index (χ0) is 20.6. The van der Waals surface area contributed by atoms with E-state index in [1.165, 1.54) is 18.4 Å². The third kappa shape index (κ3) is 7.66. The molecule has 1 amide bonds. The van der Waals surface area contributed by atoms with Gasteiger partial charge in [0.15, 0.2) is 12.2 Å². The van der Waals surface area contributed by atoms with Crippen molar-refractivity contribution in [3.8, 4) is 0 Å². The molecule has 29 heavy (non-hydrogen) atoms. The molecule has 2 aromatic carbocycles. The molecule has 0 saturated carbocycles. The Balaban J connectivity index is 0.000000445. The molecule has 0 aromatic heterocycles. The predicted octanol–water partition coefficient (Wildman–Crippen LogP) is 5.42. The Morgan fingerprint density at radius 1 is 1.07 bits per heavy atom. The van der Waals surface area contributed by atoms with Gasteiger partial charge >= 0.3 is 0 Å². The van der Waals surface area contributed by atoms with Crippen molar-refractivity contribution in [3.05, 3.63) is 70.6 Å². The van der Waals surface area contributed by atoms with Crippen LogP contribution >= 0.6 is 0 Å². The van der Waals surface area contributed by atoms with Gasteiger partial charge in [0.2, 0.25) is 0 Å². The van der Waals surface area contributed by atoms with Crippen LogP contribution in [-0.2, 0) is 37.5 Å². The second-order valence-corrected chi connectivity index (χ2v) is 7.74. The second kappa shape index (κ2) is 12.2. The third-order valence-electron chi connectivity index (χ3n) is 5.52. The van der Waals surface area contributed by atoms with Gasteiger partial charge in [-0.2, -0.15) is 0 Å². The smallest absolute Gasteiger partial charge is 0.279 e. The third-order valence-corrected chi connectivity index (χ3v) is 5.52. The molecule has 1 heterocycles. The van der Waals surface area contributed by atoms with Crippen LogP contribution in [0.3, 0.4) is 0 Å². The molecule has 1 radical (unpaired) electrons. The van der Waals surface area contributed by atoms with Crippen molar-refractivity contribution in [3.63, 3.8) is 0 Å². The number of carbonyl (C=O) groups excluding carboxylic acids is 1. The summed E-state index contributed by atoms with van der Waals surface area (Å²) < 4.78 is 0.907. The van der Waals surface area contributed by atoms with Crippen molar-refractivity contribution in [1.82, 2.24) is 0 Å². The van der Waals surface area contributed by atoms with Gasteiger partial charge in [0.1, 0.15) is 0 Å². The number of hydrogen-bond donors (Lipinski definition) is 1.